The van der Waals surface area contributed by atoms with Crippen LogP contribution in [-0.2, 0) is 9.59 Å². The summed E-state index contributed by atoms with van der Waals surface area (Å²) < 4.78 is 13.2. The van der Waals surface area contributed by atoms with Gasteiger partial charge in [-0.3, -0.25) is 14.5 Å². The van der Waals surface area contributed by atoms with Crippen LogP contribution in [-0.4, -0.2) is 23.9 Å². The molecule has 2 rings (SSSR count). The first-order valence-electron chi connectivity index (χ1n) is 5.93. The SMILES string of the molecule is CCC1C(=O)NC(C)C(=O)N1c1cccc(F)c1. The van der Waals surface area contributed by atoms with E-state index in [-0.39, 0.29) is 11.8 Å². The second-order valence-corrected chi connectivity index (χ2v) is 4.34. The van der Waals surface area contributed by atoms with Gasteiger partial charge in [0.1, 0.15) is 17.9 Å². The Morgan fingerprint density at radius 2 is 2.11 bits per heavy atom. The van der Waals surface area contributed by atoms with Crippen LogP contribution in [0.3, 0.4) is 0 Å². The summed E-state index contributed by atoms with van der Waals surface area (Å²) in [4.78, 5) is 25.4. The van der Waals surface area contributed by atoms with Gasteiger partial charge in [0.15, 0.2) is 0 Å². The summed E-state index contributed by atoms with van der Waals surface area (Å²) in [5.74, 6) is -0.838. The van der Waals surface area contributed by atoms with Gasteiger partial charge in [0, 0.05) is 5.69 Å². The maximum absolute atomic E-state index is 13.2. The highest BCUT2D eigenvalue weighted by molar-refractivity contribution is 6.08. The molecule has 1 aliphatic rings. The monoisotopic (exact) mass is 250 g/mol. The first-order valence-corrected chi connectivity index (χ1v) is 5.93. The first-order chi connectivity index (χ1) is 8.54. The van der Waals surface area contributed by atoms with Crippen molar-refractivity contribution in [3.8, 4) is 0 Å². The number of rotatable bonds is 2. The largest absolute Gasteiger partial charge is 0.343 e. The summed E-state index contributed by atoms with van der Waals surface area (Å²) in [5.41, 5.74) is 0.425. The van der Waals surface area contributed by atoms with Gasteiger partial charge in [0.2, 0.25) is 11.8 Å². The third kappa shape index (κ3) is 2.08. The molecule has 2 atom stereocenters. The normalized spacial score (nSPS) is 24.1. The lowest BCUT2D eigenvalue weighted by atomic mass is 10.0. The maximum Gasteiger partial charge on any atom is 0.250 e. The van der Waals surface area contributed by atoms with Crippen molar-refractivity contribution < 1.29 is 14.0 Å². The molecule has 1 N–H and O–H groups in total. The minimum absolute atomic E-state index is 0.200. The van der Waals surface area contributed by atoms with E-state index >= 15 is 0 Å². The lowest BCUT2D eigenvalue weighted by molar-refractivity contribution is -0.133. The molecular formula is C13H15FN2O2. The number of piperazine rings is 1. The number of nitrogens with one attached hydrogen (secondary N) is 1. The number of carbonyl (C=O) groups excluding carboxylic acids is 2. The van der Waals surface area contributed by atoms with Gasteiger partial charge >= 0.3 is 0 Å². The summed E-state index contributed by atoms with van der Waals surface area (Å²) >= 11 is 0. The fourth-order valence-electron chi connectivity index (χ4n) is 2.15. The number of carbonyl (C=O) groups is 2. The van der Waals surface area contributed by atoms with Gasteiger partial charge in [-0.1, -0.05) is 13.0 Å². The van der Waals surface area contributed by atoms with Gasteiger partial charge in [-0.25, -0.2) is 4.39 Å². The molecule has 1 aliphatic heterocycles. The molecule has 1 saturated heterocycles. The van der Waals surface area contributed by atoms with Crippen molar-refractivity contribution in [1.82, 2.24) is 5.32 Å². The van der Waals surface area contributed by atoms with Crippen molar-refractivity contribution >= 4 is 17.5 Å². The summed E-state index contributed by atoms with van der Waals surface area (Å²) in [7, 11) is 0. The Morgan fingerprint density at radius 1 is 1.39 bits per heavy atom. The molecule has 18 heavy (non-hydrogen) atoms. The Morgan fingerprint density at radius 3 is 2.72 bits per heavy atom. The Labute approximate surface area is 105 Å². The lowest BCUT2D eigenvalue weighted by Crippen LogP contribution is -2.62. The van der Waals surface area contributed by atoms with Crippen molar-refractivity contribution in [3.63, 3.8) is 0 Å². The van der Waals surface area contributed by atoms with Crippen molar-refractivity contribution in [3.05, 3.63) is 30.1 Å². The Hall–Kier alpha value is -1.91. The zero-order valence-electron chi connectivity index (χ0n) is 10.3. The lowest BCUT2D eigenvalue weighted by Gasteiger charge is -2.37. The molecule has 0 aliphatic carbocycles. The molecule has 96 valence electrons. The number of amides is 2. The van der Waals surface area contributed by atoms with Gasteiger partial charge in [-0.15, -0.1) is 0 Å². The van der Waals surface area contributed by atoms with E-state index in [4.69, 9.17) is 0 Å². The van der Waals surface area contributed by atoms with E-state index < -0.39 is 17.9 Å². The van der Waals surface area contributed by atoms with Crippen LogP contribution in [0.4, 0.5) is 10.1 Å². The van der Waals surface area contributed by atoms with Crippen molar-refractivity contribution in [2.45, 2.75) is 32.4 Å². The highest BCUT2D eigenvalue weighted by atomic mass is 19.1. The fraction of sp³-hybridized carbons (Fsp3) is 0.385. The minimum Gasteiger partial charge on any atom is -0.343 e. The minimum atomic E-state index is -0.580. The average molecular weight is 250 g/mol. The molecule has 0 aromatic heterocycles. The van der Waals surface area contributed by atoms with Crippen molar-refractivity contribution in [1.29, 1.82) is 0 Å². The Kier molecular flexibility index (Phi) is 3.32. The highest BCUT2D eigenvalue weighted by Gasteiger charge is 2.38. The zero-order valence-corrected chi connectivity index (χ0v) is 10.3. The molecule has 2 unspecified atom stereocenters. The summed E-state index contributed by atoms with van der Waals surface area (Å²) in [6.45, 7) is 3.44. The predicted octanol–water partition coefficient (Wildman–Crippen LogP) is 1.46. The number of benzene rings is 1. The molecule has 0 bridgehead atoms. The summed E-state index contributed by atoms with van der Waals surface area (Å²) in [5, 5.41) is 2.62. The quantitative estimate of drug-likeness (QED) is 0.863. The van der Waals surface area contributed by atoms with Crippen LogP contribution >= 0.6 is 0 Å². The molecule has 4 nitrogen and oxygen atoms in total. The van der Waals surface area contributed by atoms with Gasteiger partial charge in [0.05, 0.1) is 0 Å². The number of hydrogen-bond acceptors (Lipinski definition) is 2. The van der Waals surface area contributed by atoms with Crippen LogP contribution in [0.25, 0.3) is 0 Å². The number of hydrogen-bond donors (Lipinski definition) is 1. The number of anilines is 1. The molecule has 0 saturated carbocycles. The van der Waals surface area contributed by atoms with E-state index in [2.05, 4.69) is 5.32 Å². The number of halogens is 1. The molecule has 1 fully saturated rings. The van der Waals surface area contributed by atoms with E-state index in [1.165, 1.54) is 23.1 Å². The van der Waals surface area contributed by atoms with E-state index in [0.29, 0.717) is 12.1 Å². The second kappa shape index (κ2) is 4.76. The molecule has 2 amide bonds. The van der Waals surface area contributed by atoms with E-state index in [0.717, 1.165) is 0 Å². The van der Waals surface area contributed by atoms with Crippen LogP contribution in [0.15, 0.2) is 24.3 Å². The molecule has 5 heteroatoms. The third-order valence-electron chi connectivity index (χ3n) is 3.05. The summed E-state index contributed by atoms with van der Waals surface area (Å²) in [6, 6.07) is 4.59. The highest BCUT2D eigenvalue weighted by Crippen LogP contribution is 2.23. The van der Waals surface area contributed by atoms with Crippen LogP contribution < -0.4 is 10.2 Å². The van der Waals surface area contributed by atoms with Gasteiger partial charge < -0.3 is 5.32 Å². The Bertz CT molecular complexity index is 490. The maximum atomic E-state index is 13.2. The standard InChI is InChI=1S/C13H15FN2O2/c1-3-11-12(17)15-8(2)13(18)16(11)10-6-4-5-9(14)7-10/h4-8,11H,3H2,1-2H3,(H,15,17). The average Bonchev–Trinajstić information content (AvgIpc) is 2.33. The molecule has 1 heterocycles. The van der Waals surface area contributed by atoms with Crippen LogP contribution in [0, 0.1) is 5.82 Å². The van der Waals surface area contributed by atoms with Crippen LogP contribution in [0.2, 0.25) is 0 Å². The van der Waals surface area contributed by atoms with Gasteiger partial charge in [-0.05, 0) is 31.5 Å². The molecule has 0 spiro atoms. The van der Waals surface area contributed by atoms with Crippen LogP contribution in [0.5, 0.6) is 0 Å². The van der Waals surface area contributed by atoms with E-state index in [1.807, 2.05) is 6.92 Å². The molecular weight excluding hydrogens is 235 g/mol. The molecule has 0 radical (unpaired) electrons. The van der Waals surface area contributed by atoms with Gasteiger partial charge in [0.25, 0.3) is 0 Å². The first kappa shape index (κ1) is 12.5. The fourth-order valence-corrected chi connectivity index (χ4v) is 2.15. The van der Waals surface area contributed by atoms with Gasteiger partial charge in [-0.2, -0.15) is 0 Å². The molecule has 1 aromatic carbocycles. The van der Waals surface area contributed by atoms with E-state index in [9.17, 15) is 14.0 Å². The number of nitrogens with zero attached hydrogens (tertiary/aromatic N) is 1. The smallest absolute Gasteiger partial charge is 0.250 e. The predicted molar refractivity (Wildman–Crippen MR) is 65.6 cm³/mol. The van der Waals surface area contributed by atoms with Crippen molar-refractivity contribution in [2.24, 2.45) is 0 Å². The third-order valence-corrected chi connectivity index (χ3v) is 3.05. The Balaban J connectivity index is 2.43. The summed E-state index contributed by atoms with van der Waals surface area (Å²) in [6.07, 6.45) is 0.487. The molecule has 1 aromatic rings. The zero-order chi connectivity index (χ0) is 13.3. The van der Waals surface area contributed by atoms with Crippen LogP contribution in [0.1, 0.15) is 20.3 Å². The topological polar surface area (TPSA) is 49.4 Å². The second-order valence-electron chi connectivity index (χ2n) is 4.34. The van der Waals surface area contributed by atoms with E-state index in [1.54, 1.807) is 13.0 Å². The van der Waals surface area contributed by atoms with Crippen molar-refractivity contribution in [2.75, 3.05) is 4.90 Å².